The van der Waals surface area contributed by atoms with E-state index in [9.17, 15) is 4.79 Å². The molecule has 1 amide bonds. The Morgan fingerprint density at radius 3 is 2.73 bits per heavy atom. The molecule has 2 heterocycles. The summed E-state index contributed by atoms with van der Waals surface area (Å²) < 4.78 is 2.27. The van der Waals surface area contributed by atoms with Crippen molar-refractivity contribution in [1.82, 2.24) is 9.55 Å². The Bertz CT molecular complexity index is 1170. The molecule has 33 heavy (non-hydrogen) atoms. The van der Waals surface area contributed by atoms with E-state index in [0.29, 0.717) is 5.75 Å². The smallest absolute Gasteiger partial charge is 0.237 e. The van der Waals surface area contributed by atoms with Crippen molar-refractivity contribution in [2.24, 2.45) is 0 Å². The molecular weight excluding hydrogens is 450 g/mol. The normalized spacial score (nSPS) is 15.4. The van der Waals surface area contributed by atoms with Crippen molar-refractivity contribution in [2.45, 2.75) is 50.2 Å². The topological polar surface area (TPSA) is 38.1 Å². The van der Waals surface area contributed by atoms with Gasteiger partial charge in [0.2, 0.25) is 5.91 Å². The fraction of sp³-hybridized carbons (Fsp3) is 0.333. The Morgan fingerprint density at radius 1 is 1.06 bits per heavy atom. The predicted octanol–water partition coefficient (Wildman–Crippen LogP) is 6.78. The lowest BCUT2D eigenvalue weighted by atomic mass is 9.97. The second kappa shape index (κ2) is 10.2. The van der Waals surface area contributed by atoms with Crippen LogP contribution in [-0.4, -0.2) is 27.8 Å². The third kappa shape index (κ3) is 5.04. The molecule has 0 fully saturated rings. The summed E-state index contributed by atoms with van der Waals surface area (Å²) in [5, 5.41) is 1.63. The van der Waals surface area contributed by atoms with E-state index in [0.717, 1.165) is 53.1 Å². The number of nitrogens with zero attached hydrogens (tertiary/aromatic N) is 3. The van der Waals surface area contributed by atoms with Gasteiger partial charge in [0.05, 0.1) is 17.6 Å². The molecule has 0 spiro atoms. The van der Waals surface area contributed by atoms with E-state index >= 15 is 0 Å². The second-order valence-corrected chi connectivity index (χ2v) is 10.0. The highest BCUT2D eigenvalue weighted by atomic mass is 35.5. The van der Waals surface area contributed by atoms with Crippen LogP contribution >= 0.6 is 23.4 Å². The van der Waals surface area contributed by atoms with Crippen LogP contribution in [0.1, 0.15) is 37.7 Å². The minimum absolute atomic E-state index is 0.141. The van der Waals surface area contributed by atoms with Gasteiger partial charge >= 0.3 is 0 Å². The predicted molar refractivity (Wildman–Crippen MR) is 137 cm³/mol. The number of carbonyl (C=O) groups is 1. The maximum Gasteiger partial charge on any atom is 0.237 e. The van der Waals surface area contributed by atoms with Crippen molar-refractivity contribution in [3.8, 4) is 11.3 Å². The summed E-state index contributed by atoms with van der Waals surface area (Å²) in [6.07, 6.45) is 11.3. The molecule has 1 aliphatic heterocycles. The van der Waals surface area contributed by atoms with Crippen LogP contribution in [0.25, 0.3) is 11.3 Å². The van der Waals surface area contributed by atoms with E-state index < -0.39 is 0 Å². The highest BCUT2D eigenvalue weighted by Crippen LogP contribution is 2.31. The number of rotatable bonds is 7. The monoisotopic (exact) mass is 477 g/mol. The fourth-order valence-corrected chi connectivity index (χ4v) is 5.74. The first-order valence-electron chi connectivity index (χ1n) is 11.7. The van der Waals surface area contributed by atoms with Crippen molar-refractivity contribution < 1.29 is 4.79 Å². The number of halogens is 1. The standard InChI is InChI=1S/C27H28ClN3OS/c28-23-12-10-22(11-13-23)25-18-29-27(31(25)16-14-20-6-2-1-3-7-20)33-19-26(32)30-17-15-21-8-4-5-9-24(21)30/h4-6,8-13,18H,1-3,7,14-17,19H2. The Morgan fingerprint density at radius 2 is 1.91 bits per heavy atom. The number of allylic oxidation sites excluding steroid dienone is 2. The molecular formula is C27H28ClN3OS. The van der Waals surface area contributed by atoms with Crippen LogP contribution in [0.15, 0.2) is 71.5 Å². The molecule has 0 saturated heterocycles. The molecule has 3 aromatic rings. The van der Waals surface area contributed by atoms with Crippen LogP contribution in [0.5, 0.6) is 0 Å². The van der Waals surface area contributed by atoms with Crippen molar-refractivity contribution in [3.63, 3.8) is 0 Å². The molecule has 0 unspecified atom stereocenters. The zero-order chi connectivity index (χ0) is 22.6. The quantitative estimate of drug-likeness (QED) is 0.278. The van der Waals surface area contributed by atoms with Crippen LogP contribution in [-0.2, 0) is 17.8 Å². The zero-order valence-corrected chi connectivity index (χ0v) is 20.2. The lowest BCUT2D eigenvalue weighted by molar-refractivity contribution is -0.116. The molecule has 2 aromatic carbocycles. The molecule has 2 aliphatic rings. The van der Waals surface area contributed by atoms with E-state index in [4.69, 9.17) is 16.6 Å². The van der Waals surface area contributed by atoms with Crippen molar-refractivity contribution in [3.05, 3.63) is 77.0 Å². The van der Waals surface area contributed by atoms with Gasteiger partial charge in [0.25, 0.3) is 0 Å². The minimum Gasteiger partial charge on any atom is -0.319 e. The molecule has 0 saturated carbocycles. The number of para-hydroxylation sites is 1. The van der Waals surface area contributed by atoms with Crippen LogP contribution < -0.4 is 4.90 Å². The number of aromatic nitrogens is 2. The average molecular weight is 478 g/mol. The molecule has 0 bridgehead atoms. The third-order valence-corrected chi connectivity index (χ3v) is 7.74. The highest BCUT2D eigenvalue weighted by molar-refractivity contribution is 7.99. The fourth-order valence-electron chi connectivity index (χ4n) is 4.73. The molecule has 6 heteroatoms. The van der Waals surface area contributed by atoms with Gasteiger partial charge < -0.3 is 9.47 Å². The summed E-state index contributed by atoms with van der Waals surface area (Å²) in [5.74, 6) is 0.524. The Balaban J connectivity index is 1.34. The molecule has 0 N–H and O–H groups in total. The number of benzene rings is 2. The molecule has 0 atom stereocenters. The second-order valence-electron chi connectivity index (χ2n) is 8.66. The summed E-state index contributed by atoms with van der Waals surface area (Å²) in [5.41, 5.74) is 6.01. The van der Waals surface area contributed by atoms with Gasteiger partial charge in [0.1, 0.15) is 0 Å². The van der Waals surface area contributed by atoms with Gasteiger partial charge in [0, 0.05) is 23.8 Å². The summed E-state index contributed by atoms with van der Waals surface area (Å²) >= 11 is 7.65. The number of carbonyl (C=O) groups excluding carboxylic acids is 1. The van der Waals surface area contributed by atoms with Crippen molar-refractivity contribution in [2.75, 3.05) is 17.2 Å². The maximum absolute atomic E-state index is 13.1. The third-order valence-electron chi connectivity index (χ3n) is 6.51. The largest absolute Gasteiger partial charge is 0.319 e. The molecule has 1 aliphatic carbocycles. The molecule has 5 rings (SSSR count). The summed E-state index contributed by atoms with van der Waals surface area (Å²) in [6.45, 7) is 1.63. The van der Waals surface area contributed by atoms with Gasteiger partial charge in [-0.1, -0.05) is 65.3 Å². The van der Waals surface area contributed by atoms with Gasteiger partial charge in [-0.2, -0.15) is 0 Å². The highest BCUT2D eigenvalue weighted by Gasteiger charge is 2.25. The van der Waals surface area contributed by atoms with Crippen LogP contribution in [0.2, 0.25) is 5.02 Å². The molecule has 0 radical (unpaired) electrons. The van der Waals surface area contributed by atoms with E-state index in [2.05, 4.69) is 16.7 Å². The Kier molecular flexibility index (Phi) is 6.88. The van der Waals surface area contributed by atoms with Gasteiger partial charge in [0.15, 0.2) is 5.16 Å². The summed E-state index contributed by atoms with van der Waals surface area (Å²) in [6, 6.07) is 16.1. The Hall–Kier alpha value is -2.50. The summed E-state index contributed by atoms with van der Waals surface area (Å²) in [4.78, 5) is 19.7. The minimum atomic E-state index is 0.141. The number of anilines is 1. The summed E-state index contributed by atoms with van der Waals surface area (Å²) in [7, 11) is 0. The van der Waals surface area contributed by atoms with Crippen LogP contribution in [0.4, 0.5) is 5.69 Å². The number of fused-ring (bicyclic) bond motifs is 1. The molecule has 170 valence electrons. The first-order valence-corrected chi connectivity index (χ1v) is 13.1. The van der Waals surface area contributed by atoms with E-state index in [1.54, 1.807) is 0 Å². The van der Waals surface area contributed by atoms with Gasteiger partial charge in [-0.25, -0.2) is 4.98 Å². The van der Waals surface area contributed by atoms with E-state index in [1.807, 2.05) is 53.6 Å². The zero-order valence-electron chi connectivity index (χ0n) is 18.7. The SMILES string of the molecule is O=C(CSc1ncc(-c2ccc(Cl)cc2)n1CCC1=CCCCC1)N1CCc2ccccc21. The van der Waals surface area contributed by atoms with E-state index in [-0.39, 0.29) is 5.91 Å². The first-order chi connectivity index (χ1) is 16.2. The lowest BCUT2D eigenvalue weighted by Crippen LogP contribution is -2.30. The van der Waals surface area contributed by atoms with Crippen molar-refractivity contribution >= 4 is 35.0 Å². The number of imidazole rings is 1. The average Bonchev–Trinajstić information content (AvgIpc) is 3.47. The van der Waals surface area contributed by atoms with Crippen LogP contribution in [0, 0.1) is 0 Å². The molecule has 4 nitrogen and oxygen atoms in total. The van der Waals surface area contributed by atoms with E-state index in [1.165, 1.54) is 48.6 Å². The number of hydrogen-bond donors (Lipinski definition) is 0. The van der Waals surface area contributed by atoms with Crippen LogP contribution in [0.3, 0.4) is 0 Å². The van der Waals surface area contributed by atoms with Gasteiger partial charge in [-0.15, -0.1) is 0 Å². The number of amides is 1. The maximum atomic E-state index is 13.1. The lowest BCUT2D eigenvalue weighted by Gasteiger charge is -2.18. The Labute approximate surface area is 204 Å². The van der Waals surface area contributed by atoms with Crippen molar-refractivity contribution in [1.29, 1.82) is 0 Å². The van der Waals surface area contributed by atoms with Gasteiger partial charge in [-0.3, -0.25) is 4.79 Å². The van der Waals surface area contributed by atoms with Gasteiger partial charge in [-0.05, 0) is 67.9 Å². The molecule has 1 aromatic heterocycles. The number of hydrogen-bond acceptors (Lipinski definition) is 3. The first kappa shape index (κ1) is 22.3. The number of thioether (sulfide) groups is 1.